The topological polar surface area (TPSA) is 74.1 Å². The van der Waals surface area contributed by atoms with E-state index < -0.39 is 0 Å². The van der Waals surface area contributed by atoms with Crippen molar-refractivity contribution in [2.45, 2.75) is 19.5 Å². The van der Waals surface area contributed by atoms with Crippen LogP contribution in [0.15, 0.2) is 78.9 Å². The molecule has 3 aromatic carbocycles. The fourth-order valence-corrected chi connectivity index (χ4v) is 3.11. The lowest BCUT2D eigenvalue weighted by atomic mass is 10.1. The van der Waals surface area contributed by atoms with Gasteiger partial charge in [0, 0.05) is 12.6 Å². The molecule has 0 aliphatic carbocycles. The quantitative estimate of drug-likeness (QED) is 0.474. The van der Waals surface area contributed by atoms with Gasteiger partial charge in [0.1, 0.15) is 0 Å². The number of nitrogens with one attached hydrogen (secondary N) is 1. The van der Waals surface area contributed by atoms with Gasteiger partial charge in [-0.15, -0.1) is 0 Å². The molecule has 0 bridgehead atoms. The average molecular weight is 401 g/mol. The molecule has 0 radical (unpaired) electrons. The first-order valence-corrected chi connectivity index (χ1v) is 9.71. The highest BCUT2D eigenvalue weighted by Gasteiger charge is 2.14. The highest BCUT2D eigenvalue weighted by molar-refractivity contribution is 5.44. The lowest BCUT2D eigenvalue weighted by Gasteiger charge is -2.15. The molecule has 0 saturated heterocycles. The van der Waals surface area contributed by atoms with Crippen molar-refractivity contribution in [2.24, 2.45) is 0 Å². The summed E-state index contributed by atoms with van der Waals surface area (Å²) in [7, 11) is 1.62. The molecule has 0 spiro atoms. The predicted molar refractivity (Wildman–Crippen MR) is 114 cm³/mol. The predicted octanol–water partition coefficient (Wildman–Crippen LogP) is 4.31. The van der Waals surface area contributed by atoms with Crippen molar-refractivity contribution in [2.75, 3.05) is 7.11 Å². The van der Waals surface area contributed by atoms with Gasteiger partial charge >= 0.3 is 6.01 Å². The van der Waals surface area contributed by atoms with Crippen molar-refractivity contribution in [3.05, 3.63) is 90.0 Å². The average Bonchev–Trinajstić information content (AvgIpc) is 3.27. The van der Waals surface area contributed by atoms with Crippen molar-refractivity contribution in [1.29, 1.82) is 0 Å². The molecule has 152 valence electrons. The van der Waals surface area contributed by atoms with Crippen LogP contribution >= 0.6 is 0 Å². The SMILES string of the molecule is COc1cc(CN[C@H](C)c2ccccc2)ccc1Oc1nnnn1-c1ccccc1. The summed E-state index contributed by atoms with van der Waals surface area (Å²) in [6.45, 7) is 2.85. The third kappa shape index (κ3) is 4.47. The highest BCUT2D eigenvalue weighted by Crippen LogP contribution is 2.32. The van der Waals surface area contributed by atoms with Crippen LogP contribution < -0.4 is 14.8 Å². The molecule has 30 heavy (non-hydrogen) atoms. The van der Waals surface area contributed by atoms with Crippen molar-refractivity contribution in [3.8, 4) is 23.2 Å². The smallest absolute Gasteiger partial charge is 0.346 e. The Morgan fingerprint density at radius 2 is 1.67 bits per heavy atom. The van der Waals surface area contributed by atoms with Crippen LogP contribution in [0.5, 0.6) is 17.5 Å². The molecule has 0 fully saturated rings. The Bertz CT molecular complexity index is 1080. The minimum absolute atomic E-state index is 0.239. The Morgan fingerprint density at radius 1 is 0.933 bits per heavy atom. The Hall–Kier alpha value is -3.71. The molecule has 4 aromatic rings. The van der Waals surface area contributed by atoms with Crippen molar-refractivity contribution in [3.63, 3.8) is 0 Å². The minimum atomic E-state index is 0.239. The van der Waals surface area contributed by atoms with Gasteiger partial charge in [0.15, 0.2) is 11.5 Å². The number of tetrazole rings is 1. The maximum absolute atomic E-state index is 5.96. The number of hydrogen-bond acceptors (Lipinski definition) is 6. The lowest BCUT2D eigenvalue weighted by molar-refractivity contribution is 0.362. The van der Waals surface area contributed by atoms with Crippen molar-refractivity contribution < 1.29 is 9.47 Å². The molecule has 0 aliphatic rings. The van der Waals surface area contributed by atoms with E-state index in [0.717, 1.165) is 11.3 Å². The summed E-state index contributed by atoms with van der Waals surface area (Å²) in [6, 6.07) is 26.3. The second kappa shape index (κ2) is 9.19. The Labute approximate surface area is 175 Å². The lowest BCUT2D eigenvalue weighted by Crippen LogP contribution is -2.18. The molecule has 0 amide bonds. The first-order chi connectivity index (χ1) is 14.7. The minimum Gasteiger partial charge on any atom is -0.493 e. The maximum atomic E-state index is 5.96. The Morgan fingerprint density at radius 3 is 2.40 bits per heavy atom. The zero-order chi connectivity index (χ0) is 20.8. The van der Waals surface area contributed by atoms with Crippen LogP contribution in [0.2, 0.25) is 0 Å². The zero-order valence-corrected chi connectivity index (χ0v) is 16.9. The van der Waals surface area contributed by atoms with Gasteiger partial charge in [0.25, 0.3) is 0 Å². The summed E-state index contributed by atoms with van der Waals surface area (Å²) >= 11 is 0. The van der Waals surface area contributed by atoms with Crippen LogP contribution in [0.25, 0.3) is 5.69 Å². The highest BCUT2D eigenvalue weighted by atomic mass is 16.5. The number of benzene rings is 3. The largest absolute Gasteiger partial charge is 0.493 e. The molecule has 0 unspecified atom stereocenters. The Kier molecular flexibility index (Phi) is 6.01. The number of hydrogen-bond donors (Lipinski definition) is 1. The van der Waals surface area contributed by atoms with E-state index in [9.17, 15) is 0 Å². The molecule has 1 N–H and O–H groups in total. The molecule has 7 nitrogen and oxygen atoms in total. The number of para-hydroxylation sites is 1. The van der Waals surface area contributed by atoms with Gasteiger partial charge in [-0.1, -0.05) is 59.7 Å². The van der Waals surface area contributed by atoms with E-state index >= 15 is 0 Å². The summed E-state index contributed by atoms with van der Waals surface area (Å²) in [4.78, 5) is 0. The zero-order valence-electron chi connectivity index (χ0n) is 16.9. The van der Waals surface area contributed by atoms with E-state index in [2.05, 4.69) is 39.9 Å². The van der Waals surface area contributed by atoms with Crippen molar-refractivity contribution in [1.82, 2.24) is 25.5 Å². The van der Waals surface area contributed by atoms with Crippen LogP contribution in [-0.4, -0.2) is 27.3 Å². The molecule has 7 heteroatoms. The summed E-state index contributed by atoms with van der Waals surface area (Å²) in [5.41, 5.74) is 3.15. The van der Waals surface area contributed by atoms with Gasteiger partial charge in [0.05, 0.1) is 12.8 Å². The van der Waals surface area contributed by atoms with Crippen LogP contribution in [0.4, 0.5) is 0 Å². The number of nitrogens with zero attached hydrogens (tertiary/aromatic N) is 4. The number of rotatable bonds is 8. The summed E-state index contributed by atoms with van der Waals surface area (Å²) < 4.78 is 13.0. The Balaban J connectivity index is 1.48. The van der Waals surface area contributed by atoms with E-state index in [1.54, 1.807) is 7.11 Å². The van der Waals surface area contributed by atoms with Crippen LogP contribution in [0.3, 0.4) is 0 Å². The van der Waals surface area contributed by atoms with Gasteiger partial charge < -0.3 is 14.8 Å². The summed E-state index contributed by atoms with van der Waals surface area (Å²) in [5.74, 6) is 1.16. The second-order valence-corrected chi connectivity index (χ2v) is 6.81. The number of methoxy groups -OCH3 is 1. The van der Waals surface area contributed by atoms with Gasteiger partial charge in [-0.2, -0.15) is 4.68 Å². The van der Waals surface area contributed by atoms with Crippen LogP contribution in [-0.2, 0) is 6.54 Å². The van der Waals surface area contributed by atoms with E-state index in [1.807, 2.05) is 66.7 Å². The van der Waals surface area contributed by atoms with Gasteiger partial charge in [-0.05, 0) is 52.7 Å². The molecular formula is C23H23N5O2. The second-order valence-electron chi connectivity index (χ2n) is 6.81. The van der Waals surface area contributed by atoms with Gasteiger partial charge in [-0.25, -0.2) is 0 Å². The molecule has 1 aromatic heterocycles. The molecule has 0 saturated carbocycles. The molecular weight excluding hydrogens is 378 g/mol. The van der Waals surface area contributed by atoms with E-state index in [1.165, 1.54) is 10.2 Å². The number of ether oxygens (including phenoxy) is 2. The normalized spacial score (nSPS) is 11.8. The van der Waals surface area contributed by atoms with E-state index in [0.29, 0.717) is 18.0 Å². The third-order valence-corrected chi connectivity index (χ3v) is 4.78. The molecule has 1 heterocycles. The van der Waals surface area contributed by atoms with Gasteiger partial charge in [0.2, 0.25) is 0 Å². The molecule has 0 aliphatic heterocycles. The van der Waals surface area contributed by atoms with Crippen molar-refractivity contribution >= 4 is 0 Å². The fraction of sp³-hybridized carbons (Fsp3) is 0.174. The van der Waals surface area contributed by atoms with E-state index in [4.69, 9.17) is 9.47 Å². The van der Waals surface area contributed by atoms with Crippen LogP contribution in [0, 0.1) is 0 Å². The van der Waals surface area contributed by atoms with E-state index in [-0.39, 0.29) is 12.1 Å². The number of aromatic nitrogens is 4. The first kappa shape index (κ1) is 19.6. The van der Waals surface area contributed by atoms with Gasteiger partial charge in [-0.3, -0.25) is 0 Å². The summed E-state index contributed by atoms with van der Waals surface area (Å²) in [6.07, 6.45) is 0. The van der Waals surface area contributed by atoms with Crippen LogP contribution in [0.1, 0.15) is 24.1 Å². The first-order valence-electron chi connectivity index (χ1n) is 9.71. The molecule has 4 rings (SSSR count). The summed E-state index contributed by atoms with van der Waals surface area (Å²) in [5, 5.41) is 15.3. The monoisotopic (exact) mass is 401 g/mol. The standard InChI is InChI=1S/C23H23N5O2/c1-17(19-9-5-3-6-10-19)24-16-18-13-14-21(22(15-18)29-2)30-23-25-26-27-28(23)20-11-7-4-8-12-20/h3-15,17,24H,16H2,1-2H3/t17-/m1/s1. The molecule has 1 atom stereocenters. The third-order valence-electron chi connectivity index (χ3n) is 4.78. The fourth-order valence-electron chi connectivity index (χ4n) is 3.11. The maximum Gasteiger partial charge on any atom is 0.346 e.